The number of halogens is 1. The smallest absolute Gasteiger partial charge is 0.251 e. The second-order valence-corrected chi connectivity index (χ2v) is 7.32. The first-order valence-electron chi connectivity index (χ1n) is 9.45. The number of hydrogen-bond acceptors (Lipinski definition) is 5. The van der Waals surface area contributed by atoms with Gasteiger partial charge in [0.25, 0.3) is 5.91 Å². The molecule has 4 aromatic rings. The Kier molecular flexibility index (Phi) is 5.65. The van der Waals surface area contributed by atoms with Gasteiger partial charge in [-0.3, -0.25) is 4.79 Å². The number of carbonyl (C=O) groups is 1. The molecule has 0 unspecified atom stereocenters. The average molecular weight is 422 g/mol. The Morgan fingerprint density at radius 2 is 1.90 bits per heavy atom. The third-order valence-electron chi connectivity index (χ3n) is 4.44. The highest BCUT2D eigenvalue weighted by Gasteiger charge is 2.10. The maximum absolute atomic E-state index is 12.1. The van der Waals surface area contributed by atoms with Gasteiger partial charge in [-0.2, -0.15) is 4.98 Å². The average Bonchev–Trinajstić information content (AvgIpc) is 3.15. The van der Waals surface area contributed by atoms with Crippen LogP contribution in [-0.4, -0.2) is 38.3 Å². The zero-order chi connectivity index (χ0) is 21.1. The molecule has 1 amide bonds. The van der Waals surface area contributed by atoms with Crippen LogP contribution in [0.1, 0.15) is 17.3 Å². The number of benzene rings is 2. The van der Waals surface area contributed by atoms with Crippen LogP contribution in [0.5, 0.6) is 0 Å². The van der Waals surface area contributed by atoms with Gasteiger partial charge in [0.05, 0.1) is 11.8 Å². The number of amides is 1. The van der Waals surface area contributed by atoms with Gasteiger partial charge < -0.3 is 15.7 Å². The van der Waals surface area contributed by atoms with Crippen LogP contribution in [0.25, 0.3) is 16.9 Å². The van der Waals surface area contributed by atoms with Crippen molar-refractivity contribution in [3.8, 4) is 11.3 Å². The van der Waals surface area contributed by atoms with Gasteiger partial charge in [-0.15, -0.1) is 5.10 Å². The lowest BCUT2D eigenvalue weighted by Gasteiger charge is -2.08. The molecule has 0 fully saturated rings. The molecule has 0 spiro atoms. The van der Waals surface area contributed by atoms with E-state index in [1.807, 2.05) is 42.5 Å². The number of carbonyl (C=O) groups excluding carboxylic acids is 1. The number of anilines is 2. The number of aromatic nitrogens is 3. The fourth-order valence-corrected chi connectivity index (χ4v) is 3.19. The first-order chi connectivity index (χ1) is 14.5. The van der Waals surface area contributed by atoms with Crippen molar-refractivity contribution >= 4 is 34.8 Å². The van der Waals surface area contributed by atoms with Crippen molar-refractivity contribution in [1.82, 2.24) is 19.9 Å². The summed E-state index contributed by atoms with van der Waals surface area (Å²) in [4.78, 5) is 16.6. The maximum Gasteiger partial charge on any atom is 0.251 e. The molecule has 2 aromatic heterocycles. The molecule has 0 bridgehead atoms. The summed E-state index contributed by atoms with van der Waals surface area (Å²) in [5, 5.41) is 20.3. The van der Waals surface area contributed by atoms with Crippen LogP contribution in [0.15, 0.2) is 66.7 Å². The van der Waals surface area contributed by atoms with Gasteiger partial charge in [0, 0.05) is 28.4 Å². The van der Waals surface area contributed by atoms with E-state index in [2.05, 4.69) is 20.7 Å². The molecule has 30 heavy (non-hydrogen) atoms. The van der Waals surface area contributed by atoms with E-state index < -0.39 is 6.10 Å². The molecule has 0 saturated carbocycles. The summed E-state index contributed by atoms with van der Waals surface area (Å²) in [7, 11) is 0. The SMILES string of the molecule is C[C@@H](O)CNC(=O)c1ccc(Nc2nc3cccc(-c4cccc(Cl)c4)n3n2)cc1. The lowest BCUT2D eigenvalue weighted by Crippen LogP contribution is -2.30. The standard InChI is InChI=1S/C22H20ClN5O2/c1-14(29)13-24-21(30)15-8-10-18(11-9-15)25-22-26-20-7-3-6-19(28(20)27-22)16-4-2-5-17(23)12-16/h2-12,14,29H,13H2,1H3,(H,24,30)(H,25,27)/t14-/m1/s1. The number of nitrogens with one attached hydrogen (secondary N) is 2. The number of nitrogens with zero attached hydrogens (tertiary/aromatic N) is 3. The zero-order valence-corrected chi connectivity index (χ0v) is 17.0. The molecule has 2 heterocycles. The predicted octanol–water partition coefficient (Wildman–Crippen LogP) is 3.90. The quantitative estimate of drug-likeness (QED) is 0.439. The highest BCUT2D eigenvalue weighted by molar-refractivity contribution is 6.30. The molecular weight excluding hydrogens is 402 g/mol. The Morgan fingerprint density at radius 1 is 1.13 bits per heavy atom. The number of aliphatic hydroxyl groups excluding tert-OH is 1. The van der Waals surface area contributed by atoms with Crippen LogP contribution in [0.2, 0.25) is 5.02 Å². The van der Waals surface area contributed by atoms with Gasteiger partial charge in [0.2, 0.25) is 5.95 Å². The topological polar surface area (TPSA) is 91.5 Å². The Labute approximate surface area is 178 Å². The van der Waals surface area contributed by atoms with Gasteiger partial charge in [0.1, 0.15) is 0 Å². The molecule has 0 aliphatic carbocycles. The van der Waals surface area contributed by atoms with Crippen LogP contribution in [-0.2, 0) is 0 Å². The molecule has 8 heteroatoms. The summed E-state index contributed by atoms with van der Waals surface area (Å²) >= 11 is 6.13. The third kappa shape index (κ3) is 4.42. The van der Waals surface area contributed by atoms with Gasteiger partial charge in [-0.25, -0.2) is 4.52 Å². The summed E-state index contributed by atoms with van der Waals surface area (Å²) in [6.45, 7) is 1.83. The minimum Gasteiger partial charge on any atom is -0.392 e. The van der Waals surface area contributed by atoms with E-state index in [-0.39, 0.29) is 12.5 Å². The fourth-order valence-electron chi connectivity index (χ4n) is 3.00. The van der Waals surface area contributed by atoms with E-state index in [1.54, 1.807) is 35.7 Å². The van der Waals surface area contributed by atoms with E-state index in [4.69, 9.17) is 11.6 Å². The van der Waals surface area contributed by atoms with E-state index in [0.29, 0.717) is 22.2 Å². The largest absolute Gasteiger partial charge is 0.392 e. The normalized spacial score (nSPS) is 12.0. The number of rotatable bonds is 6. The minimum atomic E-state index is -0.590. The third-order valence-corrected chi connectivity index (χ3v) is 4.68. The van der Waals surface area contributed by atoms with Crippen molar-refractivity contribution in [3.05, 3.63) is 77.3 Å². The monoisotopic (exact) mass is 421 g/mol. The summed E-state index contributed by atoms with van der Waals surface area (Å²) < 4.78 is 1.76. The second kappa shape index (κ2) is 8.52. The lowest BCUT2D eigenvalue weighted by molar-refractivity contribution is 0.0924. The van der Waals surface area contributed by atoms with Crippen molar-refractivity contribution in [2.75, 3.05) is 11.9 Å². The van der Waals surface area contributed by atoms with Gasteiger partial charge in [-0.1, -0.05) is 29.8 Å². The second-order valence-electron chi connectivity index (χ2n) is 6.89. The summed E-state index contributed by atoms with van der Waals surface area (Å²) in [6.07, 6.45) is -0.590. The van der Waals surface area contributed by atoms with E-state index in [0.717, 1.165) is 16.9 Å². The van der Waals surface area contributed by atoms with E-state index in [9.17, 15) is 9.90 Å². The molecule has 4 rings (SSSR count). The Balaban J connectivity index is 1.55. The van der Waals surface area contributed by atoms with E-state index in [1.165, 1.54) is 0 Å². The van der Waals surface area contributed by atoms with Crippen molar-refractivity contribution in [1.29, 1.82) is 0 Å². The lowest BCUT2D eigenvalue weighted by atomic mass is 10.1. The molecule has 152 valence electrons. The number of pyridine rings is 1. The van der Waals surface area contributed by atoms with Crippen LogP contribution >= 0.6 is 11.6 Å². The number of hydrogen-bond donors (Lipinski definition) is 3. The van der Waals surface area contributed by atoms with Crippen LogP contribution in [0, 0.1) is 0 Å². The molecule has 2 aromatic carbocycles. The molecule has 7 nitrogen and oxygen atoms in total. The van der Waals surface area contributed by atoms with Gasteiger partial charge in [-0.05, 0) is 55.5 Å². The Hall–Kier alpha value is -3.42. The molecule has 0 radical (unpaired) electrons. The number of aliphatic hydroxyl groups is 1. The molecule has 0 aliphatic rings. The van der Waals surface area contributed by atoms with E-state index >= 15 is 0 Å². The van der Waals surface area contributed by atoms with Crippen molar-refractivity contribution < 1.29 is 9.90 Å². The first kappa shape index (κ1) is 19.9. The summed E-state index contributed by atoms with van der Waals surface area (Å²) in [6, 6.07) is 20.3. The molecule has 0 saturated heterocycles. The van der Waals surface area contributed by atoms with Crippen LogP contribution < -0.4 is 10.6 Å². The highest BCUT2D eigenvalue weighted by atomic mass is 35.5. The highest BCUT2D eigenvalue weighted by Crippen LogP contribution is 2.24. The molecule has 0 aliphatic heterocycles. The summed E-state index contributed by atoms with van der Waals surface area (Å²) in [5.74, 6) is 0.204. The Bertz CT molecular complexity index is 1190. The molecule has 1 atom stereocenters. The zero-order valence-electron chi connectivity index (χ0n) is 16.2. The molecular formula is C22H20ClN5O2. The van der Waals surface area contributed by atoms with Crippen LogP contribution in [0.4, 0.5) is 11.6 Å². The fraction of sp³-hybridized carbons (Fsp3) is 0.136. The molecule has 3 N–H and O–H groups in total. The van der Waals surface area contributed by atoms with Crippen molar-refractivity contribution in [3.63, 3.8) is 0 Å². The van der Waals surface area contributed by atoms with Gasteiger partial charge >= 0.3 is 0 Å². The van der Waals surface area contributed by atoms with Gasteiger partial charge in [0.15, 0.2) is 5.65 Å². The predicted molar refractivity (Wildman–Crippen MR) is 117 cm³/mol. The maximum atomic E-state index is 12.1. The summed E-state index contributed by atoms with van der Waals surface area (Å²) in [5.41, 5.74) is 3.77. The Morgan fingerprint density at radius 3 is 2.63 bits per heavy atom. The van der Waals surface area contributed by atoms with Crippen molar-refractivity contribution in [2.24, 2.45) is 0 Å². The minimum absolute atomic E-state index is 0.207. The van der Waals surface area contributed by atoms with Crippen LogP contribution in [0.3, 0.4) is 0 Å². The number of fused-ring (bicyclic) bond motifs is 1. The van der Waals surface area contributed by atoms with Crippen molar-refractivity contribution in [2.45, 2.75) is 13.0 Å². The first-order valence-corrected chi connectivity index (χ1v) is 9.82.